The first-order valence-electron chi connectivity index (χ1n) is 6.38. The van der Waals surface area contributed by atoms with Crippen LogP contribution in [-0.4, -0.2) is 16.5 Å². The summed E-state index contributed by atoms with van der Waals surface area (Å²) in [5.41, 5.74) is 2.97. The molecule has 0 bridgehead atoms. The fourth-order valence-electron chi connectivity index (χ4n) is 1.91. The largest absolute Gasteiger partial charge is 0.508 e. The molecular weight excluding hydrogens is 268 g/mol. The van der Waals surface area contributed by atoms with Gasteiger partial charge >= 0.3 is 0 Å². The van der Waals surface area contributed by atoms with Crippen LogP contribution in [0, 0.1) is 13.8 Å². The fourth-order valence-corrected chi connectivity index (χ4v) is 1.91. The highest BCUT2D eigenvalue weighted by Crippen LogP contribution is 2.33. The van der Waals surface area contributed by atoms with E-state index < -0.39 is 0 Å². The minimum Gasteiger partial charge on any atom is -0.508 e. The Balaban J connectivity index is 2.35. The number of carbonyl (C=O) groups excluding carboxylic acids is 1. The van der Waals surface area contributed by atoms with E-state index >= 15 is 0 Å². The molecule has 0 aliphatic rings. The van der Waals surface area contributed by atoms with Crippen molar-refractivity contribution in [2.24, 2.45) is 0 Å². The molecule has 0 aliphatic carbocycles. The van der Waals surface area contributed by atoms with E-state index in [9.17, 15) is 15.0 Å². The first kappa shape index (κ1) is 14.7. The van der Waals surface area contributed by atoms with Gasteiger partial charge in [0, 0.05) is 17.7 Å². The quantitative estimate of drug-likeness (QED) is 0.665. The summed E-state index contributed by atoms with van der Waals surface area (Å²) in [5.74, 6) is -0.147. The standard InChI is InChI=1S/C17H16O4/c1-10-4-5-13(6-11(10)2)12(3)21-17-8-14(19)7-16(20)15(17)9-18/h4-9,19-20H,3H2,1-2H3. The first-order valence-corrected chi connectivity index (χ1v) is 6.38. The predicted molar refractivity (Wildman–Crippen MR) is 80.7 cm³/mol. The Bertz CT molecular complexity index is 717. The lowest BCUT2D eigenvalue weighted by molar-refractivity contribution is 0.111. The van der Waals surface area contributed by atoms with Gasteiger partial charge in [0.1, 0.15) is 23.0 Å². The topological polar surface area (TPSA) is 66.8 Å². The van der Waals surface area contributed by atoms with Gasteiger partial charge in [-0.05, 0) is 31.0 Å². The summed E-state index contributed by atoms with van der Waals surface area (Å²) >= 11 is 0. The molecule has 21 heavy (non-hydrogen) atoms. The number of carbonyl (C=O) groups is 1. The minimum absolute atomic E-state index is 0.0298. The Morgan fingerprint density at radius 1 is 1.14 bits per heavy atom. The van der Waals surface area contributed by atoms with Crippen molar-refractivity contribution in [3.8, 4) is 17.2 Å². The highest BCUT2D eigenvalue weighted by atomic mass is 16.5. The van der Waals surface area contributed by atoms with E-state index in [1.165, 1.54) is 6.07 Å². The third kappa shape index (κ3) is 3.05. The van der Waals surface area contributed by atoms with Crippen LogP contribution in [0.5, 0.6) is 17.2 Å². The molecule has 0 aliphatic heterocycles. The Hall–Kier alpha value is -2.75. The summed E-state index contributed by atoms with van der Waals surface area (Å²) in [6, 6.07) is 8.06. The van der Waals surface area contributed by atoms with Crippen LogP contribution in [-0.2, 0) is 0 Å². The zero-order valence-electron chi connectivity index (χ0n) is 11.9. The number of aldehydes is 1. The van der Waals surface area contributed by atoms with E-state index in [0.29, 0.717) is 12.0 Å². The third-order valence-electron chi connectivity index (χ3n) is 3.28. The molecule has 0 fully saturated rings. The number of phenolic OH excluding ortho intramolecular Hbond substituents is 2. The molecule has 2 aromatic rings. The normalized spacial score (nSPS) is 10.2. The van der Waals surface area contributed by atoms with Gasteiger partial charge in [0.05, 0.1) is 5.56 Å². The number of phenols is 2. The molecule has 108 valence electrons. The average molecular weight is 284 g/mol. The van der Waals surface area contributed by atoms with Crippen molar-refractivity contribution >= 4 is 12.0 Å². The molecule has 2 rings (SSSR count). The molecule has 0 saturated carbocycles. The molecule has 2 aromatic carbocycles. The second kappa shape index (κ2) is 5.71. The van der Waals surface area contributed by atoms with E-state index in [2.05, 4.69) is 6.58 Å². The van der Waals surface area contributed by atoms with Crippen LogP contribution in [0.2, 0.25) is 0 Å². The number of benzene rings is 2. The summed E-state index contributed by atoms with van der Waals surface area (Å²) < 4.78 is 5.53. The molecule has 0 spiro atoms. The van der Waals surface area contributed by atoms with Gasteiger partial charge < -0.3 is 14.9 Å². The molecule has 4 heteroatoms. The summed E-state index contributed by atoms with van der Waals surface area (Å²) in [5, 5.41) is 19.1. The summed E-state index contributed by atoms with van der Waals surface area (Å²) in [4.78, 5) is 11.0. The molecule has 0 unspecified atom stereocenters. The molecule has 0 aromatic heterocycles. The summed E-state index contributed by atoms with van der Waals surface area (Å²) in [6.07, 6.45) is 0.470. The highest BCUT2D eigenvalue weighted by molar-refractivity contribution is 5.85. The van der Waals surface area contributed by atoms with E-state index in [0.717, 1.165) is 22.8 Å². The SMILES string of the molecule is C=C(Oc1cc(O)cc(O)c1C=O)c1ccc(C)c(C)c1. The van der Waals surface area contributed by atoms with Gasteiger partial charge in [-0.1, -0.05) is 18.7 Å². The lowest BCUT2D eigenvalue weighted by atomic mass is 10.1. The number of rotatable bonds is 4. The molecule has 2 N–H and O–H groups in total. The fraction of sp³-hybridized carbons (Fsp3) is 0.118. The van der Waals surface area contributed by atoms with Gasteiger partial charge in [0.15, 0.2) is 6.29 Å². The second-order valence-electron chi connectivity index (χ2n) is 4.82. The number of hydrogen-bond acceptors (Lipinski definition) is 4. The zero-order chi connectivity index (χ0) is 15.6. The molecule has 0 amide bonds. The van der Waals surface area contributed by atoms with Crippen LogP contribution >= 0.6 is 0 Å². The number of hydrogen-bond donors (Lipinski definition) is 2. The maximum Gasteiger partial charge on any atom is 0.157 e. The first-order chi connectivity index (χ1) is 9.92. The van der Waals surface area contributed by atoms with Gasteiger partial charge in [-0.3, -0.25) is 4.79 Å². The van der Waals surface area contributed by atoms with E-state index in [4.69, 9.17) is 4.74 Å². The van der Waals surface area contributed by atoms with Gasteiger partial charge in [-0.25, -0.2) is 0 Å². The van der Waals surface area contributed by atoms with E-state index in [-0.39, 0.29) is 22.8 Å². The maximum absolute atomic E-state index is 11.0. The van der Waals surface area contributed by atoms with Gasteiger partial charge in [-0.2, -0.15) is 0 Å². The summed E-state index contributed by atoms with van der Waals surface area (Å²) in [7, 11) is 0. The molecule has 0 heterocycles. The van der Waals surface area contributed by atoms with Crippen molar-refractivity contribution < 1.29 is 19.7 Å². The predicted octanol–water partition coefficient (Wildman–Crippen LogP) is 3.58. The molecule has 0 saturated heterocycles. The average Bonchev–Trinajstić information content (AvgIpc) is 2.41. The smallest absolute Gasteiger partial charge is 0.157 e. The van der Waals surface area contributed by atoms with Crippen LogP contribution in [0.15, 0.2) is 36.9 Å². The third-order valence-corrected chi connectivity index (χ3v) is 3.28. The van der Waals surface area contributed by atoms with Crippen molar-refractivity contribution in [2.45, 2.75) is 13.8 Å². The lowest BCUT2D eigenvalue weighted by Crippen LogP contribution is -1.98. The molecular formula is C17H16O4. The monoisotopic (exact) mass is 284 g/mol. The molecule has 0 atom stereocenters. The number of aryl methyl sites for hydroxylation is 2. The van der Waals surface area contributed by atoms with Crippen molar-refractivity contribution in [3.63, 3.8) is 0 Å². The maximum atomic E-state index is 11.0. The van der Waals surface area contributed by atoms with Gasteiger partial charge in [0.2, 0.25) is 0 Å². The van der Waals surface area contributed by atoms with E-state index in [1.807, 2.05) is 32.0 Å². The molecule has 0 radical (unpaired) electrons. The van der Waals surface area contributed by atoms with E-state index in [1.54, 1.807) is 0 Å². The second-order valence-corrected chi connectivity index (χ2v) is 4.82. The number of ether oxygens (including phenoxy) is 1. The van der Waals surface area contributed by atoms with Crippen molar-refractivity contribution in [2.75, 3.05) is 0 Å². The van der Waals surface area contributed by atoms with Crippen molar-refractivity contribution in [3.05, 3.63) is 59.2 Å². The Morgan fingerprint density at radius 3 is 2.48 bits per heavy atom. The highest BCUT2D eigenvalue weighted by Gasteiger charge is 2.13. The Kier molecular flexibility index (Phi) is 3.98. The van der Waals surface area contributed by atoms with Crippen LogP contribution in [0.3, 0.4) is 0 Å². The Morgan fingerprint density at radius 2 is 1.86 bits per heavy atom. The van der Waals surface area contributed by atoms with Crippen LogP contribution in [0.1, 0.15) is 27.0 Å². The molecule has 4 nitrogen and oxygen atoms in total. The van der Waals surface area contributed by atoms with Crippen LogP contribution in [0.25, 0.3) is 5.76 Å². The van der Waals surface area contributed by atoms with Gasteiger partial charge in [0.25, 0.3) is 0 Å². The minimum atomic E-state index is -0.340. The zero-order valence-corrected chi connectivity index (χ0v) is 11.9. The van der Waals surface area contributed by atoms with Crippen LogP contribution < -0.4 is 4.74 Å². The summed E-state index contributed by atoms with van der Waals surface area (Å²) in [6.45, 7) is 7.80. The number of aromatic hydroxyl groups is 2. The lowest BCUT2D eigenvalue weighted by Gasteiger charge is -2.13. The van der Waals surface area contributed by atoms with Crippen molar-refractivity contribution in [1.29, 1.82) is 0 Å². The Labute approximate surface area is 122 Å². The van der Waals surface area contributed by atoms with Crippen LogP contribution in [0.4, 0.5) is 0 Å². The van der Waals surface area contributed by atoms with Gasteiger partial charge in [-0.15, -0.1) is 0 Å². The van der Waals surface area contributed by atoms with Crippen molar-refractivity contribution in [1.82, 2.24) is 0 Å².